The standard InChI is InChI=1S/C21H18N4O3S/c1-2-29(27,28)18-10-6-16(7-11-18)20(26)23-17-8-4-15(5-9-17)19-14-25-13-3-12-22-21(25)24-19/h3-14H,2H2,1H3,(H,23,26). The van der Waals surface area contributed by atoms with Crippen LogP contribution in [0.4, 0.5) is 5.69 Å². The number of rotatable bonds is 5. The Morgan fingerprint density at radius 1 is 1.07 bits per heavy atom. The molecule has 1 amide bonds. The topological polar surface area (TPSA) is 93.4 Å². The number of imidazole rings is 1. The van der Waals surface area contributed by atoms with Gasteiger partial charge < -0.3 is 5.32 Å². The molecule has 0 radical (unpaired) electrons. The van der Waals surface area contributed by atoms with Crippen molar-refractivity contribution in [2.75, 3.05) is 11.1 Å². The lowest BCUT2D eigenvalue weighted by molar-refractivity contribution is 0.102. The molecule has 7 nitrogen and oxygen atoms in total. The second-order valence-corrected chi connectivity index (χ2v) is 8.69. The summed E-state index contributed by atoms with van der Waals surface area (Å²) in [5.74, 6) is 0.330. The highest BCUT2D eigenvalue weighted by atomic mass is 32.2. The van der Waals surface area contributed by atoms with Crippen molar-refractivity contribution in [2.45, 2.75) is 11.8 Å². The first-order chi connectivity index (χ1) is 14.0. The number of nitrogens with one attached hydrogen (secondary N) is 1. The van der Waals surface area contributed by atoms with Gasteiger partial charge in [0.1, 0.15) is 0 Å². The van der Waals surface area contributed by atoms with E-state index in [9.17, 15) is 13.2 Å². The molecule has 0 atom stereocenters. The molecule has 2 aromatic heterocycles. The highest BCUT2D eigenvalue weighted by Gasteiger charge is 2.13. The van der Waals surface area contributed by atoms with Gasteiger partial charge in [0, 0.05) is 35.4 Å². The Balaban J connectivity index is 1.49. The normalized spacial score (nSPS) is 11.5. The van der Waals surface area contributed by atoms with Crippen LogP contribution in [0.5, 0.6) is 0 Å². The van der Waals surface area contributed by atoms with E-state index in [-0.39, 0.29) is 16.6 Å². The van der Waals surface area contributed by atoms with E-state index in [1.54, 1.807) is 25.3 Å². The fourth-order valence-electron chi connectivity index (χ4n) is 2.88. The Morgan fingerprint density at radius 2 is 1.79 bits per heavy atom. The van der Waals surface area contributed by atoms with Crippen LogP contribution in [0.1, 0.15) is 17.3 Å². The maximum Gasteiger partial charge on any atom is 0.255 e. The number of nitrogens with zero attached hydrogens (tertiary/aromatic N) is 3. The van der Waals surface area contributed by atoms with Crippen LogP contribution in [0.3, 0.4) is 0 Å². The summed E-state index contributed by atoms with van der Waals surface area (Å²) < 4.78 is 25.6. The smallest absolute Gasteiger partial charge is 0.255 e. The predicted molar refractivity (Wildman–Crippen MR) is 111 cm³/mol. The molecule has 0 unspecified atom stereocenters. The fraction of sp³-hybridized carbons (Fsp3) is 0.0952. The number of carbonyl (C=O) groups is 1. The fourth-order valence-corrected chi connectivity index (χ4v) is 3.76. The number of hydrogen-bond donors (Lipinski definition) is 1. The van der Waals surface area contributed by atoms with Crippen LogP contribution < -0.4 is 5.32 Å². The maximum absolute atomic E-state index is 12.4. The van der Waals surface area contributed by atoms with E-state index in [1.807, 2.05) is 35.0 Å². The first-order valence-corrected chi connectivity index (χ1v) is 10.7. The molecule has 0 fully saturated rings. The summed E-state index contributed by atoms with van der Waals surface area (Å²) in [6.07, 6.45) is 5.46. The second kappa shape index (κ2) is 7.48. The molecule has 0 saturated heterocycles. The number of amides is 1. The minimum atomic E-state index is -3.28. The minimum absolute atomic E-state index is 0.0211. The summed E-state index contributed by atoms with van der Waals surface area (Å²) in [5, 5.41) is 2.81. The van der Waals surface area contributed by atoms with Gasteiger partial charge in [0.25, 0.3) is 5.91 Å². The van der Waals surface area contributed by atoms with Crippen LogP contribution in [-0.2, 0) is 9.84 Å². The van der Waals surface area contributed by atoms with Crippen molar-refractivity contribution in [3.63, 3.8) is 0 Å². The molecule has 2 heterocycles. The number of anilines is 1. The molecular formula is C21H18N4O3S. The molecule has 0 aliphatic heterocycles. The van der Waals surface area contributed by atoms with Crippen molar-refractivity contribution in [3.8, 4) is 11.3 Å². The molecular weight excluding hydrogens is 388 g/mol. The van der Waals surface area contributed by atoms with Crippen molar-refractivity contribution in [2.24, 2.45) is 0 Å². The summed E-state index contributed by atoms with van der Waals surface area (Å²) >= 11 is 0. The van der Waals surface area contributed by atoms with Crippen LogP contribution in [0.25, 0.3) is 17.0 Å². The van der Waals surface area contributed by atoms with Crippen LogP contribution in [0.2, 0.25) is 0 Å². The lowest BCUT2D eigenvalue weighted by Gasteiger charge is -2.07. The number of aromatic nitrogens is 3. The highest BCUT2D eigenvalue weighted by Crippen LogP contribution is 2.21. The lowest BCUT2D eigenvalue weighted by atomic mass is 10.1. The number of carbonyl (C=O) groups excluding carboxylic acids is 1. The maximum atomic E-state index is 12.4. The summed E-state index contributed by atoms with van der Waals surface area (Å²) in [6.45, 7) is 1.59. The van der Waals surface area contributed by atoms with Crippen molar-refractivity contribution in [1.82, 2.24) is 14.4 Å². The van der Waals surface area contributed by atoms with Crippen LogP contribution >= 0.6 is 0 Å². The molecule has 0 bridgehead atoms. The Morgan fingerprint density at radius 3 is 2.45 bits per heavy atom. The monoisotopic (exact) mass is 406 g/mol. The summed E-state index contributed by atoms with van der Waals surface area (Å²) in [7, 11) is -3.28. The van der Waals surface area contributed by atoms with E-state index in [1.165, 1.54) is 24.3 Å². The molecule has 146 valence electrons. The van der Waals surface area contributed by atoms with Gasteiger partial charge in [0.05, 0.1) is 16.3 Å². The number of benzene rings is 2. The van der Waals surface area contributed by atoms with Gasteiger partial charge in [-0.15, -0.1) is 0 Å². The zero-order chi connectivity index (χ0) is 20.4. The third-order valence-electron chi connectivity index (χ3n) is 4.53. The van der Waals surface area contributed by atoms with E-state index in [0.29, 0.717) is 17.0 Å². The molecule has 2 aromatic carbocycles. The molecule has 0 saturated carbocycles. The minimum Gasteiger partial charge on any atom is -0.322 e. The van der Waals surface area contributed by atoms with Crippen molar-refractivity contribution < 1.29 is 13.2 Å². The van der Waals surface area contributed by atoms with Crippen molar-refractivity contribution >= 4 is 27.2 Å². The molecule has 4 rings (SSSR count). The molecule has 1 N–H and O–H groups in total. The van der Waals surface area contributed by atoms with Crippen LogP contribution in [0, 0.1) is 0 Å². The Kier molecular flexibility index (Phi) is 4.85. The Labute approximate surface area is 168 Å². The third kappa shape index (κ3) is 3.88. The SMILES string of the molecule is CCS(=O)(=O)c1ccc(C(=O)Nc2ccc(-c3cn4cccnc4n3)cc2)cc1. The first kappa shape index (κ1) is 18.8. The third-order valence-corrected chi connectivity index (χ3v) is 6.28. The van der Waals surface area contributed by atoms with E-state index < -0.39 is 9.84 Å². The summed E-state index contributed by atoms with van der Waals surface area (Å²) in [4.78, 5) is 21.3. The van der Waals surface area contributed by atoms with Gasteiger partial charge in [-0.25, -0.2) is 18.4 Å². The average molecular weight is 406 g/mol. The number of sulfone groups is 1. The second-order valence-electron chi connectivity index (χ2n) is 6.41. The van der Waals surface area contributed by atoms with Crippen LogP contribution in [0.15, 0.2) is 78.1 Å². The van der Waals surface area contributed by atoms with Gasteiger partial charge in [-0.2, -0.15) is 0 Å². The molecule has 0 aliphatic rings. The van der Waals surface area contributed by atoms with Gasteiger partial charge in [-0.05, 0) is 42.5 Å². The average Bonchev–Trinajstić information content (AvgIpc) is 3.18. The van der Waals surface area contributed by atoms with Gasteiger partial charge in [0.2, 0.25) is 5.78 Å². The Bertz CT molecular complexity index is 1240. The summed E-state index contributed by atoms with van der Waals surface area (Å²) in [6, 6.07) is 15.1. The van der Waals surface area contributed by atoms with E-state index >= 15 is 0 Å². The highest BCUT2D eigenvalue weighted by molar-refractivity contribution is 7.91. The van der Waals surface area contributed by atoms with Gasteiger partial charge in [-0.3, -0.25) is 9.20 Å². The largest absolute Gasteiger partial charge is 0.322 e. The van der Waals surface area contributed by atoms with E-state index in [4.69, 9.17) is 0 Å². The van der Waals surface area contributed by atoms with Crippen LogP contribution in [-0.4, -0.2) is 34.4 Å². The first-order valence-electron chi connectivity index (χ1n) is 9.00. The molecule has 0 aliphatic carbocycles. The van der Waals surface area contributed by atoms with Gasteiger partial charge in [0.15, 0.2) is 9.84 Å². The van der Waals surface area contributed by atoms with Crippen molar-refractivity contribution in [3.05, 3.63) is 78.8 Å². The van der Waals surface area contributed by atoms with Gasteiger partial charge in [-0.1, -0.05) is 19.1 Å². The number of fused-ring (bicyclic) bond motifs is 1. The Hall–Kier alpha value is -3.52. The zero-order valence-corrected chi connectivity index (χ0v) is 16.4. The van der Waals surface area contributed by atoms with Gasteiger partial charge >= 0.3 is 0 Å². The molecule has 4 aromatic rings. The predicted octanol–water partition coefficient (Wildman–Crippen LogP) is 3.44. The molecule has 0 spiro atoms. The quantitative estimate of drug-likeness (QED) is 0.548. The molecule has 8 heteroatoms. The lowest BCUT2D eigenvalue weighted by Crippen LogP contribution is -2.12. The molecule has 29 heavy (non-hydrogen) atoms. The van der Waals surface area contributed by atoms with Crippen molar-refractivity contribution in [1.29, 1.82) is 0 Å². The number of hydrogen-bond acceptors (Lipinski definition) is 5. The zero-order valence-electron chi connectivity index (χ0n) is 15.6. The summed E-state index contributed by atoms with van der Waals surface area (Å²) in [5.41, 5.74) is 2.71. The van der Waals surface area contributed by atoms with E-state index in [2.05, 4.69) is 15.3 Å². The van der Waals surface area contributed by atoms with E-state index in [0.717, 1.165) is 11.3 Å².